The van der Waals surface area contributed by atoms with Crippen LogP contribution in [0.25, 0.3) is 0 Å². The predicted octanol–water partition coefficient (Wildman–Crippen LogP) is 3.53. The van der Waals surface area contributed by atoms with Crippen molar-refractivity contribution in [3.05, 3.63) is 35.9 Å². The van der Waals surface area contributed by atoms with Crippen LogP contribution >= 0.6 is 0 Å². The van der Waals surface area contributed by atoms with E-state index in [4.69, 9.17) is 9.47 Å². The largest absolute Gasteiger partial charge is 0.390 e. The predicted molar refractivity (Wildman–Crippen MR) is 79.2 cm³/mol. The van der Waals surface area contributed by atoms with E-state index >= 15 is 0 Å². The summed E-state index contributed by atoms with van der Waals surface area (Å²) in [6.07, 6.45) is -0.129. The van der Waals surface area contributed by atoms with Crippen LogP contribution in [0.15, 0.2) is 30.3 Å². The lowest BCUT2D eigenvalue weighted by Crippen LogP contribution is -2.44. The topological polar surface area (TPSA) is 38.7 Å². The summed E-state index contributed by atoms with van der Waals surface area (Å²) in [5.41, 5.74) is 1.01. The molecular weight excluding hydrogens is 252 g/mol. The van der Waals surface area contributed by atoms with Gasteiger partial charge in [-0.1, -0.05) is 58.0 Å². The van der Waals surface area contributed by atoms with E-state index < -0.39 is 6.10 Å². The van der Waals surface area contributed by atoms with Gasteiger partial charge in [-0.15, -0.1) is 0 Å². The van der Waals surface area contributed by atoms with Crippen molar-refractivity contribution in [3.63, 3.8) is 0 Å². The van der Waals surface area contributed by atoms with Crippen LogP contribution in [-0.2, 0) is 9.47 Å². The zero-order valence-electron chi connectivity index (χ0n) is 12.8. The van der Waals surface area contributed by atoms with Gasteiger partial charge in [0.1, 0.15) is 0 Å². The van der Waals surface area contributed by atoms with Crippen molar-refractivity contribution in [2.24, 2.45) is 11.8 Å². The molecule has 112 valence electrons. The highest BCUT2D eigenvalue weighted by Crippen LogP contribution is 2.34. The number of ether oxygens (including phenoxy) is 2. The van der Waals surface area contributed by atoms with Gasteiger partial charge in [0.25, 0.3) is 0 Å². The van der Waals surface area contributed by atoms with E-state index in [0.29, 0.717) is 5.92 Å². The summed E-state index contributed by atoms with van der Waals surface area (Å²) in [5, 5.41) is 10.3. The molecular formula is C17H26O3. The molecule has 0 radical (unpaired) electrons. The summed E-state index contributed by atoms with van der Waals surface area (Å²) in [5.74, 6) is 0.592. The SMILES string of the molecule is CC(C)[C@H]1C[C@@H]([C@@H](O)C(C)C)O[C@@H](c2ccccc2)O1. The molecule has 4 atom stereocenters. The first-order valence-corrected chi connectivity index (χ1v) is 7.53. The van der Waals surface area contributed by atoms with Gasteiger partial charge in [0.15, 0.2) is 6.29 Å². The molecule has 0 spiro atoms. The first-order valence-electron chi connectivity index (χ1n) is 7.53. The van der Waals surface area contributed by atoms with Crippen molar-refractivity contribution in [3.8, 4) is 0 Å². The Morgan fingerprint density at radius 3 is 2.15 bits per heavy atom. The van der Waals surface area contributed by atoms with Crippen molar-refractivity contribution in [1.82, 2.24) is 0 Å². The number of hydrogen-bond acceptors (Lipinski definition) is 3. The van der Waals surface area contributed by atoms with Crippen LogP contribution in [0.2, 0.25) is 0 Å². The van der Waals surface area contributed by atoms with Crippen molar-refractivity contribution in [2.45, 2.75) is 58.7 Å². The second-order valence-corrected chi connectivity index (χ2v) is 6.31. The van der Waals surface area contributed by atoms with Crippen molar-refractivity contribution >= 4 is 0 Å². The van der Waals surface area contributed by atoms with E-state index in [1.54, 1.807) is 0 Å². The van der Waals surface area contributed by atoms with Gasteiger partial charge in [-0.3, -0.25) is 0 Å². The monoisotopic (exact) mass is 278 g/mol. The minimum atomic E-state index is -0.452. The van der Waals surface area contributed by atoms with Gasteiger partial charge in [-0.05, 0) is 11.8 Å². The quantitative estimate of drug-likeness (QED) is 0.915. The Bertz CT molecular complexity index is 402. The minimum absolute atomic E-state index is 0.118. The number of aliphatic hydroxyl groups excluding tert-OH is 1. The number of benzene rings is 1. The molecule has 0 aliphatic carbocycles. The maximum Gasteiger partial charge on any atom is 0.184 e. The van der Waals surface area contributed by atoms with Crippen molar-refractivity contribution in [1.29, 1.82) is 0 Å². The zero-order valence-corrected chi connectivity index (χ0v) is 12.8. The van der Waals surface area contributed by atoms with Crippen LogP contribution in [0.3, 0.4) is 0 Å². The van der Waals surface area contributed by atoms with Crippen LogP contribution in [0.1, 0.15) is 46.0 Å². The molecule has 0 saturated carbocycles. The summed E-state index contributed by atoms with van der Waals surface area (Å²) in [6.45, 7) is 8.34. The molecule has 1 heterocycles. The van der Waals surface area contributed by atoms with Gasteiger partial charge in [-0.25, -0.2) is 0 Å². The lowest BCUT2D eigenvalue weighted by atomic mass is 9.92. The fraction of sp³-hybridized carbons (Fsp3) is 0.647. The molecule has 2 rings (SSSR count). The summed E-state index contributed by atoms with van der Waals surface area (Å²) in [7, 11) is 0. The number of hydrogen-bond donors (Lipinski definition) is 1. The van der Waals surface area contributed by atoms with Crippen LogP contribution in [0.4, 0.5) is 0 Å². The average molecular weight is 278 g/mol. The summed E-state index contributed by atoms with van der Waals surface area (Å²) < 4.78 is 12.1. The maximum absolute atomic E-state index is 10.3. The average Bonchev–Trinajstić information content (AvgIpc) is 2.46. The molecule has 1 aromatic carbocycles. The lowest BCUT2D eigenvalue weighted by molar-refractivity contribution is -0.275. The molecule has 20 heavy (non-hydrogen) atoms. The molecule has 3 nitrogen and oxygen atoms in total. The van der Waals surface area contributed by atoms with Gasteiger partial charge in [0, 0.05) is 12.0 Å². The van der Waals surface area contributed by atoms with E-state index in [1.807, 2.05) is 44.2 Å². The molecule has 1 aliphatic rings. The Morgan fingerprint density at radius 1 is 1.00 bits per heavy atom. The minimum Gasteiger partial charge on any atom is -0.390 e. The first kappa shape index (κ1) is 15.5. The van der Waals surface area contributed by atoms with Gasteiger partial charge in [0.05, 0.1) is 18.3 Å². The second-order valence-electron chi connectivity index (χ2n) is 6.31. The van der Waals surface area contributed by atoms with Gasteiger partial charge in [-0.2, -0.15) is 0 Å². The molecule has 1 N–H and O–H groups in total. The molecule has 0 unspecified atom stereocenters. The van der Waals surface area contributed by atoms with Crippen LogP contribution in [0.5, 0.6) is 0 Å². The highest BCUT2D eigenvalue weighted by molar-refractivity contribution is 5.16. The van der Waals surface area contributed by atoms with Gasteiger partial charge < -0.3 is 14.6 Å². The molecule has 0 amide bonds. The molecule has 0 aromatic heterocycles. The van der Waals surface area contributed by atoms with E-state index in [2.05, 4.69) is 13.8 Å². The fourth-order valence-electron chi connectivity index (χ4n) is 2.54. The Kier molecular flexibility index (Phi) is 5.19. The molecule has 0 bridgehead atoms. The first-order chi connectivity index (χ1) is 9.49. The molecule has 3 heteroatoms. The van der Waals surface area contributed by atoms with Gasteiger partial charge in [0.2, 0.25) is 0 Å². The highest BCUT2D eigenvalue weighted by Gasteiger charge is 2.36. The van der Waals surface area contributed by atoms with Crippen LogP contribution in [0, 0.1) is 11.8 Å². The zero-order chi connectivity index (χ0) is 14.7. The Morgan fingerprint density at radius 2 is 1.60 bits per heavy atom. The third-order valence-electron chi connectivity index (χ3n) is 3.94. The molecule has 1 aliphatic heterocycles. The van der Waals surface area contributed by atoms with Crippen LogP contribution in [-0.4, -0.2) is 23.4 Å². The number of rotatable bonds is 4. The van der Waals surface area contributed by atoms with E-state index in [0.717, 1.165) is 12.0 Å². The van der Waals surface area contributed by atoms with Crippen molar-refractivity contribution in [2.75, 3.05) is 0 Å². The Hall–Kier alpha value is -0.900. The fourth-order valence-corrected chi connectivity index (χ4v) is 2.54. The summed E-state index contributed by atoms with van der Waals surface area (Å²) in [6, 6.07) is 9.95. The molecule has 1 aromatic rings. The smallest absolute Gasteiger partial charge is 0.184 e. The third kappa shape index (κ3) is 3.60. The standard InChI is InChI=1S/C17H26O3/c1-11(2)14-10-15(16(18)12(3)4)20-17(19-14)13-8-6-5-7-9-13/h5-9,11-12,14-18H,10H2,1-4H3/t14-,15+,16+,17+/m1/s1. The summed E-state index contributed by atoms with van der Waals surface area (Å²) >= 11 is 0. The Labute approximate surface area is 121 Å². The normalized spacial score (nSPS) is 28.9. The van der Waals surface area contributed by atoms with Crippen molar-refractivity contribution < 1.29 is 14.6 Å². The van der Waals surface area contributed by atoms with E-state index in [9.17, 15) is 5.11 Å². The molecule has 1 fully saturated rings. The maximum atomic E-state index is 10.3. The third-order valence-corrected chi connectivity index (χ3v) is 3.94. The van der Waals surface area contributed by atoms with Crippen LogP contribution < -0.4 is 0 Å². The van der Waals surface area contributed by atoms with E-state index in [1.165, 1.54) is 0 Å². The lowest BCUT2D eigenvalue weighted by Gasteiger charge is -2.40. The number of aliphatic hydroxyl groups is 1. The second kappa shape index (κ2) is 6.70. The Balaban J connectivity index is 2.16. The van der Waals surface area contributed by atoms with E-state index in [-0.39, 0.29) is 24.4 Å². The molecule has 1 saturated heterocycles. The van der Waals surface area contributed by atoms with Gasteiger partial charge >= 0.3 is 0 Å². The summed E-state index contributed by atoms with van der Waals surface area (Å²) in [4.78, 5) is 0. The highest BCUT2D eigenvalue weighted by atomic mass is 16.7.